The van der Waals surface area contributed by atoms with Crippen molar-refractivity contribution >= 4 is 11.8 Å². The van der Waals surface area contributed by atoms with Gasteiger partial charge in [-0.25, -0.2) is 8.78 Å². The Morgan fingerprint density at radius 1 is 1.37 bits per heavy atom. The Labute approximate surface area is 110 Å². The van der Waals surface area contributed by atoms with Crippen molar-refractivity contribution in [3.8, 4) is 0 Å². The summed E-state index contributed by atoms with van der Waals surface area (Å²) >= 11 is 0. The van der Waals surface area contributed by atoms with Gasteiger partial charge in [-0.1, -0.05) is 20.3 Å². The van der Waals surface area contributed by atoms with Gasteiger partial charge in [-0.15, -0.1) is 0 Å². The molecule has 0 aromatic heterocycles. The van der Waals surface area contributed by atoms with E-state index in [4.69, 9.17) is 5.73 Å². The van der Waals surface area contributed by atoms with Crippen LogP contribution in [0.15, 0.2) is 18.2 Å². The minimum atomic E-state index is -0.982. The molecule has 1 aromatic carbocycles. The van der Waals surface area contributed by atoms with Crippen LogP contribution in [0.3, 0.4) is 0 Å². The lowest BCUT2D eigenvalue weighted by Crippen LogP contribution is -2.48. The van der Waals surface area contributed by atoms with Gasteiger partial charge in [0.15, 0.2) is 0 Å². The van der Waals surface area contributed by atoms with Crippen LogP contribution in [-0.2, 0) is 4.79 Å². The molecule has 3 N–H and O–H groups in total. The Balaban J connectivity index is 2.91. The van der Waals surface area contributed by atoms with Crippen LogP contribution in [0.1, 0.15) is 30.6 Å². The average molecular weight is 270 g/mol. The first kappa shape index (κ1) is 15.1. The van der Waals surface area contributed by atoms with Gasteiger partial charge in [0.2, 0.25) is 5.91 Å². The molecule has 4 nitrogen and oxygen atoms in total. The third kappa shape index (κ3) is 3.74. The highest BCUT2D eigenvalue weighted by Gasteiger charge is 2.25. The zero-order valence-corrected chi connectivity index (χ0v) is 10.7. The highest BCUT2D eigenvalue weighted by atomic mass is 19.1. The first-order chi connectivity index (χ1) is 8.86. The van der Waals surface area contributed by atoms with Crippen LogP contribution in [0.25, 0.3) is 0 Å². The number of nitrogens with two attached hydrogens (primary N) is 1. The molecular formula is C13H16F2N2O2. The second-order valence-corrected chi connectivity index (χ2v) is 4.36. The van der Waals surface area contributed by atoms with Gasteiger partial charge >= 0.3 is 0 Å². The summed E-state index contributed by atoms with van der Waals surface area (Å²) in [5.41, 5.74) is 4.87. The van der Waals surface area contributed by atoms with Crippen LogP contribution < -0.4 is 11.1 Å². The Morgan fingerprint density at radius 3 is 2.47 bits per heavy atom. The van der Waals surface area contributed by atoms with Crippen LogP contribution >= 0.6 is 0 Å². The Hall–Kier alpha value is -1.98. The van der Waals surface area contributed by atoms with Crippen molar-refractivity contribution in [2.45, 2.75) is 26.3 Å². The maximum atomic E-state index is 13.4. The lowest BCUT2D eigenvalue weighted by Gasteiger charge is -2.21. The molecule has 1 rings (SSSR count). The molecule has 0 spiro atoms. The van der Waals surface area contributed by atoms with Crippen LogP contribution in [0.5, 0.6) is 0 Å². The molecule has 19 heavy (non-hydrogen) atoms. The molecule has 2 amide bonds. The summed E-state index contributed by atoms with van der Waals surface area (Å²) in [7, 11) is 0. The molecule has 1 aromatic rings. The Kier molecular flexibility index (Phi) is 4.97. The van der Waals surface area contributed by atoms with E-state index in [-0.39, 0.29) is 11.5 Å². The van der Waals surface area contributed by atoms with Crippen molar-refractivity contribution < 1.29 is 18.4 Å². The molecule has 0 saturated carbocycles. The number of nitrogens with one attached hydrogen (secondary N) is 1. The van der Waals surface area contributed by atoms with Crippen LogP contribution in [0.2, 0.25) is 0 Å². The summed E-state index contributed by atoms with van der Waals surface area (Å²) in [6.07, 6.45) is 0.625. The Morgan fingerprint density at radius 2 is 2.00 bits per heavy atom. The van der Waals surface area contributed by atoms with Crippen molar-refractivity contribution in [1.82, 2.24) is 5.32 Å². The molecule has 0 heterocycles. The number of carbonyl (C=O) groups excluding carboxylic acids is 2. The normalized spacial score (nSPS) is 13.7. The Bertz CT molecular complexity index is 492. The SMILES string of the molecule is CC[C@@H](C)[C@@H](NC(=O)c1ccc(F)cc1F)C(N)=O. The lowest BCUT2D eigenvalue weighted by atomic mass is 9.98. The van der Waals surface area contributed by atoms with Gasteiger partial charge in [-0.3, -0.25) is 9.59 Å². The molecular weight excluding hydrogens is 254 g/mol. The molecule has 0 bridgehead atoms. The summed E-state index contributed by atoms with van der Waals surface area (Å²) in [6.45, 7) is 3.59. The summed E-state index contributed by atoms with van der Waals surface area (Å²) < 4.78 is 26.2. The van der Waals surface area contributed by atoms with Crippen molar-refractivity contribution in [3.05, 3.63) is 35.4 Å². The van der Waals surface area contributed by atoms with Gasteiger partial charge in [0.05, 0.1) is 5.56 Å². The third-order valence-corrected chi connectivity index (χ3v) is 2.98. The zero-order chi connectivity index (χ0) is 14.6. The number of carbonyl (C=O) groups is 2. The zero-order valence-electron chi connectivity index (χ0n) is 10.7. The fourth-order valence-electron chi connectivity index (χ4n) is 1.62. The smallest absolute Gasteiger partial charge is 0.254 e. The number of halogens is 2. The summed E-state index contributed by atoms with van der Waals surface area (Å²) in [5.74, 6) is -3.41. The van der Waals surface area contributed by atoms with Gasteiger partial charge in [0.25, 0.3) is 5.91 Å². The van der Waals surface area contributed by atoms with E-state index in [1.165, 1.54) is 0 Å². The van der Waals surface area contributed by atoms with Gasteiger partial charge < -0.3 is 11.1 Å². The standard InChI is InChI=1S/C13H16F2N2O2/c1-3-7(2)11(12(16)18)17-13(19)9-5-4-8(14)6-10(9)15/h4-7,11H,3H2,1-2H3,(H2,16,18)(H,17,19)/t7-,11-/m1/s1. The first-order valence-electron chi connectivity index (χ1n) is 5.92. The number of hydrogen-bond donors (Lipinski definition) is 2. The molecule has 2 atom stereocenters. The van der Waals surface area contributed by atoms with E-state index in [0.717, 1.165) is 12.1 Å². The van der Waals surface area contributed by atoms with E-state index in [1.54, 1.807) is 6.92 Å². The number of benzene rings is 1. The van der Waals surface area contributed by atoms with Gasteiger partial charge in [-0.05, 0) is 18.1 Å². The maximum Gasteiger partial charge on any atom is 0.254 e. The van der Waals surface area contributed by atoms with Crippen LogP contribution in [0.4, 0.5) is 8.78 Å². The molecule has 0 saturated heterocycles. The quantitative estimate of drug-likeness (QED) is 0.853. The van der Waals surface area contributed by atoms with Crippen molar-refractivity contribution in [2.24, 2.45) is 11.7 Å². The average Bonchev–Trinajstić information content (AvgIpc) is 2.34. The molecule has 104 valence electrons. The molecule has 0 fully saturated rings. The first-order valence-corrected chi connectivity index (χ1v) is 5.92. The highest BCUT2D eigenvalue weighted by Crippen LogP contribution is 2.12. The largest absolute Gasteiger partial charge is 0.368 e. The third-order valence-electron chi connectivity index (χ3n) is 2.98. The predicted molar refractivity (Wildman–Crippen MR) is 66.3 cm³/mol. The summed E-state index contributed by atoms with van der Waals surface area (Å²) in [5, 5.41) is 2.37. The monoisotopic (exact) mass is 270 g/mol. The second kappa shape index (κ2) is 6.26. The number of amides is 2. The van der Waals surface area contributed by atoms with Gasteiger partial charge in [-0.2, -0.15) is 0 Å². The van der Waals surface area contributed by atoms with Crippen LogP contribution in [-0.4, -0.2) is 17.9 Å². The van der Waals surface area contributed by atoms with Gasteiger partial charge in [0, 0.05) is 6.07 Å². The molecule has 0 aliphatic heterocycles. The van der Waals surface area contributed by atoms with E-state index >= 15 is 0 Å². The molecule has 6 heteroatoms. The molecule has 0 aliphatic rings. The molecule has 0 unspecified atom stereocenters. The fourth-order valence-corrected chi connectivity index (χ4v) is 1.62. The molecule has 0 radical (unpaired) electrons. The number of hydrogen-bond acceptors (Lipinski definition) is 2. The van der Waals surface area contributed by atoms with E-state index in [9.17, 15) is 18.4 Å². The van der Waals surface area contributed by atoms with Crippen molar-refractivity contribution in [2.75, 3.05) is 0 Å². The molecule has 0 aliphatic carbocycles. The second-order valence-electron chi connectivity index (χ2n) is 4.36. The lowest BCUT2D eigenvalue weighted by molar-refractivity contribution is -0.120. The number of primary amides is 1. The van der Waals surface area contributed by atoms with Crippen molar-refractivity contribution in [1.29, 1.82) is 0 Å². The fraction of sp³-hybridized carbons (Fsp3) is 0.385. The van der Waals surface area contributed by atoms with Gasteiger partial charge in [0.1, 0.15) is 17.7 Å². The van der Waals surface area contributed by atoms with E-state index in [2.05, 4.69) is 5.32 Å². The number of rotatable bonds is 5. The predicted octanol–water partition coefficient (Wildman–Crippen LogP) is 1.59. The minimum absolute atomic E-state index is 0.176. The summed E-state index contributed by atoms with van der Waals surface area (Å²) in [4.78, 5) is 23.1. The van der Waals surface area contributed by atoms with Crippen LogP contribution in [0, 0.1) is 17.6 Å². The minimum Gasteiger partial charge on any atom is -0.368 e. The van der Waals surface area contributed by atoms with E-state index < -0.39 is 29.5 Å². The van der Waals surface area contributed by atoms with E-state index in [1.807, 2.05) is 6.92 Å². The topological polar surface area (TPSA) is 72.2 Å². The summed E-state index contributed by atoms with van der Waals surface area (Å²) in [6, 6.07) is 1.72. The van der Waals surface area contributed by atoms with Crippen molar-refractivity contribution in [3.63, 3.8) is 0 Å². The highest BCUT2D eigenvalue weighted by molar-refractivity contribution is 5.97. The van der Waals surface area contributed by atoms with E-state index in [0.29, 0.717) is 12.5 Å². The maximum absolute atomic E-state index is 13.4.